The van der Waals surface area contributed by atoms with E-state index in [1.54, 1.807) is 23.1 Å². The van der Waals surface area contributed by atoms with Crippen molar-refractivity contribution in [3.63, 3.8) is 0 Å². The van der Waals surface area contributed by atoms with Crippen molar-refractivity contribution in [2.45, 2.75) is 81.2 Å². The minimum absolute atomic E-state index is 0.0271. The molecule has 54 heavy (non-hydrogen) atoms. The molecule has 0 bridgehead atoms. The first kappa shape index (κ1) is 41.4. The molecule has 5 aromatic rings. The zero-order valence-electron chi connectivity index (χ0n) is 33.0. The summed E-state index contributed by atoms with van der Waals surface area (Å²) in [5.41, 5.74) is 1.64. The molecule has 0 aliphatic carbocycles. The van der Waals surface area contributed by atoms with E-state index in [9.17, 15) is 9.59 Å². The van der Waals surface area contributed by atoms with E-state index in [1.165, 1.54) is 5.56 Å². The van der Waals surface area contributed by atoms with Gasteiger partial charge in [0.1, 0.15) is 11.5 Å². The molecule has 0 atom stereocenters. The van der Waals surface area contributed by atoms with Gasteiger partial charge in [-0.3, -0.25) is 9.59 Å². The minimum Gasteiger partial charge on any atom is -0.494 e. The quantitative estimate of drug-likeness (QED) is 0.0415. The molecular formula is C45H56N2O5S2. The Bertz CT molecular complexity index is 2060. The Labute approximate surface area is 329 Å². The maximum absolute atomic E-state index is 13.0. The monoisotopic (exact) mass is 768 g/mol. The summed E-state index contributed by atoms with van der Waals surface area (Å²) in [6.45, 7) is 15.6. The summed E-state index contributed by atoms with van der Waals surface area (Å²) < 4.78 is 20.5. The van der Waals surface area contributed by atoms with Gasteiger partial charge in [0.15, 0.2) is 11.7 Å². The Hall–Kier alpha value is -3.73. The van der Waals surface area contributed by atoms with Crippen LogP contribution in [0.3, 0.4) is 0 Å². The van der Waals surface area contributed by atoms with Crippen molar-refractivity contribution in [2.75, 3.05) is 53.6 Å². The first-order valence-corrected chi connectivity index (χ1v) is 20.6. The van der Waals surface area contributed by atoms with Gasteiger partial charge in [-0.05, 0) is 135 Å². The minimum atomic E-state index is -0.228. The summed E-state index contributed by atoms with van der Waals surface area (Å²) in [5.74, 6) is 1.46. The molecule has 0 saturated carbocycles. The van der Waals surface area contributed by atoms with E-state index >= 15 is 0 Å². The van der Waals surface area contributed by atoms with Gasteiger partial charge in [0.25, 0.3) is 0 Å². The third kappa shape index (κ3) is 11.6. The molecule has 288 valence electrons. The number of benzene rings is 4. The number of ether oxygens (including phenoxy) is 3. The number of carbonyl (C=O) groups is 1. The Morgan fingerprint density at radius 3 is 2.15 bits per heavy atom. The molecule has 7 nitrogen and oxygen atoms in total. The van der Waals surface area contributed by atoms with Crippen LogP contribution in [0.5, 0.6) is 11.5 Å². The van der Waals surface area contributed by atoms with Crippen LogP contribution in [0.2, 0.25) is 0 Å². The highest BCUT2D eigenvalue weighted by atomic mass is 32.2. The molecule has 1 aromatic heterocycles. The molecule has 5 rings (SSSR count). The highest BCUT2D eigenvalue weighted by Gasteiger charge is 2.26. The van der Waals surface area contributed by atoms with Crippen LogP contribution in [-0.4, -0.2) is 80.8 Å². The zero-order chi connectivity index (χ0) is 38.7. The molecule has 4 aromatic carbocycles. The number of hydrogen-bond donors (Lipinski definition) is 0. The highest BCUT2D eigenvalue weighted by molar-refractivity contribution is 7.99. The summed E-state index contributed by atoms with van der Waals surface area (Å²) in [7, 11) is 4.31. The fraction of sp³-hybridized carbons (Fsp3) is 0.422. The van der Waals surface area contributed by atoms with Gasteiger partial charge in [0.05, 0.1) is 18.8 Å². The van der Waals surface area contributed by atoms with Crippen molar-refractivity contribution >= 4 is 49.6 Å². The predicted molar refractivity (Wildman–Crippen MR) is 226 cm³/mol. The van der Waals surface area contributed by atoms with E-state index in [2.05, 4.69) is 70.6 Å². The topological polar surface area (TPSA) is 68.3 Å². The van der Waals surface area contributed by atoms with E-state index in [0.29, 0.717) is 25.4 Å². The molecule has 0 saturated heterocycles. The smallest absolute Gasteiger partial charge is 0.196 e. The molecule has 0 N–H and O–H groups in total. The Morgan fingerprint density at radius 2 is 1.39 bits per heavy atom. The lowest BCUT2D eigenvalue weighted by molar-refractivity contribution is -0.0426. The number of carbonyl (C=O) groups excluding carboxylic acids is 1. The summed E-state index contributed by atoms with van der Waals surface area (Å²) in [5, 5.41) is 1.48. The van der Waals surface area contributed by atoms with Crippen molar-refractivity contribution in [3.8, 4) is 11.5 Å². The maximum Gasteiger partial charge on any atom is 0.196 e. The normalized spacial score (nSPS) is 12.2. The summed E-state index contributed by atoms with van der Waals surface area (Å²) in [4.78, 5) is 31.7. The van der Waals surface area contributed by atoms with Gasteiger partial charge < -0.3 is 24.0 Å². The molecule has 0 aliphatic rings. The van der Waals surface area contributed by atoms with Crippen LogP contribution in [-0.2, 0) is 4.74 Å². The van der Waals surface area contributed by atoms with Gasteiger partial charge in [-0.2, -0.15) is 0 Å². The second-order valence-electron chi connectivity index (χ2n) is 15.3. The molecule has 1 heterocycles. The van der Waals surface area contributed by atoms with Gasteiger partial charge in [-0.25, -0.2) is 0 Å². The first-order chi connectivity index (χ1) is 25.8. The SMILES string of the molecule is Cc1ccccc1Sc1ccc(OCCCN(C)C(C)(C)CCOC(C)(C)CCN(C)CCCOc2ccc3sc4ccccc4c(=O)c3c2)cc1C=O. The third-order valence-electron chi connectivity index (χ3n) is 10.2. The Morgan fingerprint density at radius 1 is 0.722 bits per heavy atom. The van der Waals surface area contributed by atoms with Gasteiger partial charge in [0, 0.05) is 67.3 Å². The molecule has 9 heteroatoms. The van der Waals surface area contributed by atoms with Crippen molar-refractivity contribution in [1.29, 1.82) is 0 Å². The number of rotatable bonds is 21. The average molecular weight is 769 g/mol. The molecule has 0 fully saturated rings. The van der Waals surface area contributed by atoms with E-state index in [1.807, 2.05) is 72.8 Å². The van der Waals surface area contributed by atoms with Crippen LogP contribution in [0, 0.1) is 6.92 Å². The number of nitrogens with zero attached hydrogens (tertiary/aromatic N) is 2. The molecule has 0 radical (unpaired) electrons. The number of aryl methyl sites for hydroxylation is 1. The zero-order valence-corrected chi connectivity index (χ0v) is 34.6. The van der Waals surface area contributed by atoms with Crippen molar-refractivity contribution in [2.24, 2.45) is 0 Å². The van der Waals surface area contributed by atoms with Crippen molar-refractivity contribution in [1.82, 2.24) is 9.80 Å². The number of hydrogen-bond acceptors (Lipinski definition) is 9. The molecular weight excluding hydrogens is 713 g/mol. The van der Waals surface area contributed by atoms with Gasteiger partial charge in [-0.1, -0.05) is 42.1 Å². The Balaban J connectivity index is 0.961. The largest absolute Gasteiger partial charge is 0.494 e. The summed E-state index contributed by atoms with van der Waals surface area (Å²) in [6, 6.07) is 27.6. The van der Waals surface area contributed by atoms with Crippen LogP contribution in [0.25, 0.3) is 20.2 Å². The maximum atomic E-state index is 13.0. The van der Waals surface area contributed by atoms with Crippen molar-refractivity contribution in [3.05, 3.63) is 106 Å². The van der Waals surface area contributed by atoms with Crippen LogP contribution in [0.1, 0.15) is 69.3 Å². The highest BCUT2D eigenvalue weighted by Crippen LogP contribution is 2.34. The van der Waals surface area contributed by atoms with E-state index in [4.69, 9.17) is 14.2 Å². The van der Waals surface area contributed by atoms with Crippen LogP contribution < -0.4 is 14.9 Å². The van der Waals surface area contributed by atoms with Crippen LogP contribution >= 0.6 is 23.1 Å². The van der Waals surface area contributed by atoms with E-state index < -0.39 is 0 Å². The lowest BCUT2D eigenvalue weighted by atomic mass is 9.98. The fourth-order valence-electron chi connectivity index (χ4n) is 6.19. The molecule has 0 aliphatic heterocycles. The second-order valence-corrected chi connectivity index (χ2v) is 17.5. The average Bonchev–Trinajstić information content (AvgIpc) is 3.15. The predicted octanol–water partition coefficient (Wildman–Crippen LogP) is 10.1. The summed E-state index contributed by atoms with van der Waals surface area (Å²) in [6.07, 6.45) is 4.53. The fourth-order valence-corrected chi connectivity index (χ4v) is 8.22. The second kappa shape index (κ2) is 19.2. The summed E-state index contributed by atoms with van der Waals surface area (Å²) >= 11 is 3.25. The van der Waals surface area contributed by atoms with E-state index in [0.717, 1.165) is 93.1 Å². The lowest BCUT2D eigenvalue weighted by Gasteiger charge is -2.37. The molecule has 0 spiro atoms. The van der Waals surface area contributed by atoms with Gasteiger partial charge >= 0.3 is 0 Å². The van der Waals surface area contributed by atoms with E-state index in [-0.39, 0.29) is 16.6 Å². The van der Waals surface area contributed by atoms with Gasteiger partial charge in [-0.15, -0.1) is 11.3 Å². The lowest BCUT2D eigenvalue weighted by Crippen LogP contribution is -2.43. The molecule has 0 amide bonds. The molecule has 0 unspecified atom stereocenters. The Kier molecular flexibility index (Phi) is 14.8. The number of aldehydes is 1. The van der Waals surface area contributed by atoms with Gasteiger partial charge in [0.2, 0.25) is 0 Å². The van der Waals surface area contributed by atoms with Crippen LogP contribution in [0.4, 0.5) is 0 Å². The van der Waals surface area contributed by atoms with Crippen LogP contribution in [0.15, 0.2) is 99.5 Å². The first-order valence-electron chi connectivity index (χ1n) is 18.9. The third-order valence-corrected chi connectivity index (χ3v) is 12.6. The number of fused-ring (bicyclic) bond motifs is 2. The van der Waals surface area contributed by atoms with Crippen molar-refractivity contribution < 1.29 is 19.0 Å². The standard InChI is InChI=1S/C45H56N2O5S2/c1-33-14-8-10-16-39(33)53-40-20-18-35(30-34(40)32-48)50-28-13-25-47(7)44(2,3)23-29-52-45(4,5)22-26-46(6)24-12-27-51-36-19-21-42-38(31-36)43(49)37-15-9-11-17-41(37)54-42/h8-11,14-21,30-32H,12-13,22-29H2,1-7H3.